The number of nitrogens with zero attached hydrogens (tertiary/aromatic N) is 1. The minimum absolute atomic E-state index is 0.0671. The quantitative estimate of drug-likeness (QED) is 0.908. The summed E-state index contributed by atoms with van der Waals surface area (Å²) in [6.07, 6.45) is 3.51. The zero-order valence-corrected chi connectivity index (χ0v) is 13.5. The minimum atomic E-state index is -0.0671. The smallest absolute Gasteiger partial charge is 0.251 e. The fourth-order valence-corrected chi connectivity index (χ4v) is 2.78. The van der Waals surface area contributed by atoms with Crippen LogP contribution in [0.4, 0.5) is 0 Å². The van der Waals surface area contributed by atoms with Crippen LogP contribution in [-0.2, 0) is 0 Å². The van der Waals surface area contributed by atoms with E-state index in [-0.39, 0.29) is 11.4 Å². The number of nitrogens with one attached hydrogen (secondary N) is 1. The van der Waals surface area contributed by atoms with E-state index in [1.54, 1.807) is 18.2 Å². The van der Waals surface area contributed by atoms with Gasteiger partial charge in [-0.25, -0.2) is 0 Å². The topological polar surface area (TPSA) is 32.3 Å². The lowest BCUT2D eigenvalue weighted by Gasteiger charge is -2.47. The Kier molecular flexibility index (Phi) is 4.54. The van der Waals surface area contributed by atoms with Crippen LogP contribution in [0.25, 0.3) is 0 Å². The molecule has 0 spiro atoms. The largest absolute Gasteiger partial charge is 0.350 e. The van der Waals surface area contributed by atoms with Crippen LogP contribution < -0.4 is 5.32 Å². The monoisotopic (exact) mass is 344 g/mol. The fraction of sp³-hybridized carbons (Fsp3) is 0.500. The maximum Gasteiger partial charge on any atom is 0.251 e. The Labute approximate surface area is 127 Å². The fourth-order valence-electron chi connectivity index (χ4n) is 2.35. The van der Waals surface area contributed by atoms with Gasteiger partial charge in [0.25, 0.3) is 5.91 Å². The van der Waals surface area contributed by atoms with Crippen LogP contribution in [0.1, 0.15) is 29.6 Å². The summed E-state index contributed by atoms with van der Waals surface area (Å²) < 4.78 is 0.800. The van der Waals surface area contributed by atoms with Crippen LogP contribution in [0.15, 0.2) is 22.7 Å². The first-order valence-electron chi connectivity index (χ1n) is 6.35. The first-order valence-corrected chi connectivity index (χ1v) is 7.52. The van der Waals surface area contributed by atoms with Crippen molar-refractivity contribution >= 4 is 33.4 Å². The van der Waals surface area contributed by atoms with Crippen LogP contribution in [0, 0.1) is 0 Å². The second-order valence-corrected chi connectivity index (χ2v) is 6.55. The summed E-state index contributed by atoms with van der Waals surface area (Å²) >= 11 is 9.32. The van der Waals surface area contributed by atoms with Crippen LogP contribution in [0.2, 0.25) is 5.02 Å². The van der Waals surface area contributed by atoms with Crippen molar-refractivity contribution in [3.05, 3.63) is 33.3 Å². The van der Waals surface area contributed by atoms with Crippen LogP contribution >= 0.6 is 27.5 Å². The molecule has 1 aromatic carbocycles. The normalized spacial score (nSPS) is 17.1. The molecule has 1 saturated carbocycles. The van der Waals surface area contributed by atoms with E-state index < -0.39 is 0 Å². The highest BCUT2D eigenvalue weighted by atomic mass is 79.9. The van der Waals surface area contributed by atoms with Gasteiger partial charge in [-0.1, -0.05) is 11.6 Å². The Hall–Kier alpha value is -0.580. The third-order valence-electron chi connectivity index (χ3n) is 3.99. The second kappa shape index (κ2) is 5.81. The molecule has 5 heteroatoms. The third-order valence-corrected chi connectivity index (χ3v) is 5.23. The number of hydrogen-bond donors (Lipinski definition) is 1. The summed E-state index contributed by atoms with van der Waals surface area (Å²) in [7, 11) is 4.14. The SMILES string of the molecule is CN(C)C1(CNC(=O)c2ccc(Br)c(Cl)c2)CCC1. The van der Waals surface area contributed by atoms with Crippen molar-refractivity contribution in [2.24, 2.45) is 0 Å². The number of benzene rings is 1. The maximum atomic E-state index is 12.1. The van der Waals surface area contributed by atoms with Crippen molar-refractivity contribution in [2.75, 3.05) is 20.6 Å². The van der Waals surface area contributed by atoms with Crippen molar-refractivity contribution in [3.63, 3.8) is 0 Å². The van der Waals surface area contributed by atoms with Gasteiger partial charge in [0.1, 0.15) is 0 Å². The van der Waals surface area contributed by atoms with Gasteiger partial charge in [-0.15, -0.1) is 0 Å². The molecule has 0 unspecified atom stereocenters. The van der Waals surface area contributed by atoms with Crippen LogP contribution in [0.3, 0.4) is 0 Å². The van der Waals surface area contributed by atoms with Gasteiger partial charge in [0.2, 0.25) is 0 Å². The molecule has 104 valence electrons. The molecule has 19 heavy (non-hydrogen) atoms. The molecule has 0 bridgehead atoms. The second-order valence-electron chi connectivity index (χ2n) is 5.28. The van der Waals surface area contributed by atoms with E-state index in [9.17, 15) is 4.79 Å². The van der Waals surface area contributed by atoms with Crippen molar-refractivity contribution in [3.8, 4) is 0 Å². The molecule has 1 fully saturated rings. The molecule has 0 radical (unpaired) electrons. The third kappa shape index (κ3) is 3.12. The van der Waals surface area contributed by atoms with E-state index in [2.05, 4.69) is 40.2 Å². The minimum Gasteiger partial charge on any atom is -0.350 e. The Morgan fingerprint density at radius 3 is 2.63 bits per heavy atom. The first-order chi connectivity index (χ1) is 8.94. The lowest BCUT2D eigenvalue weighted by atomic mass is 9.75. The van der Waals surface area contributed by atoms with Gasteiger partial charge < -0.3 is 10.2 Å². The lowest BCUT2D eigenvalue weighted by molar-refractivity contribution is 0.0557. The van der Waals surface area contributed by atoms with Crippen molar-refractivity contribution in [2.45, 2.75) is 24.8 Å². The van der Waals surface area contributed by atoms with Gasteiger partial charge in [0.05, 0.1) is 5.02 Å². The highest BCUT2D eigenvalue weighted by molar-refractivity contribution is 9.10. The number of likely N-dealkylation sites (N-methyl/N-ethyl adjacent to an activating group) is 1. The van der Waals surface area contributed by atoms with E-state index in [0.717, 1.165) is 17.3 Å². The molecular weight excluding hydrogens is 328 g/mol. The predicted octanol–water partition coefficient (Wildman–Crippen LogP) is 3.32. The van der Waals surface area contributed by atoms with E-state index in [0.29, 0.717) is 17.1 Å². The molecule has 1 aliphatic rings. The summed E-state index contributed by atoms with van der Waals surface area (Å²) in [5.74, 6) is -0.0671. The Bertz CT molecular complexity index is 486. The number of hydrogen-bond acceptors (Lipinski definition) is 2. The molecule has 0 aliphatic heterocycles. The molecule has 1 aromatic rings. The molecule has 1 amide bonds. The zero-order valence-electron chi connectivity index (χ0n) is 11.2. The van der Waals surface area contributed by atoms with E-state index in [4.69, 9.17) is 11.6 Å². The van der Waals surface area contributed by atoms with Gasteiger partial charge in [0, 0.05) is 22.1 Å². The molecular formula is C14H18BrClN2O. The number of rotatable bonds is 4. The Balaban J connectivity index is 1.99. The molecule has 0 atom stereocenters. The van der Waals surface area contributed by atoms with Crippen molar-refractivity contribution in [1.82, 2.24) is 10.2 Å². The van der Waals surface area contributed by atoms with Gasteiger partial charge in [-0.2, -0.15) is 0 Å². The highest BCUT2D eigenvalue weighted by Crippen LogP contribution is 2.35. The van der Waals surface area contributed by atoms with E-state index in [1.807, 2.05) is 0 Å². The predicted molar refractivity (Wildman–Crippen MR) is 81.8 cm³/mol. The molecule has 1 N–H and O–H groups in total. The average Bonchev–Trinajstić information content (AvgIpc) is 2.30. The van der Waals surface area contributed by atoms with E-state index in [1.165, 1.54) is 6.42 Å². The number of carbonyl (C=O) groups is 1. The van der Waals surface area contributed by atoms with Gasteiger partial charge in [-0.3, -0.25) is 4.79 Å². The summed E-state index contributed by atoms with van der Waals surface area (Å²) in [5.41, 5.74) is 0.732. The maximum absolute atomic E-state index is 12.1. The van der Waals surface area contributed by atoms with Crippen molar-refractivity contribution < 1.29 is 4.79 Å². The summed E-state index contributed by atoms with van der Waals surface area (Å²) in [4.78, 5) is 14.3. The summed E-state index contributed by atoms with van der Waals surface area (Å²) in [6.45, 7) is 0.687. The van der Waals surface area contributed by atoms with Gasteiger partial charge in [-0.05, 0) is 67.5 Å². The van der Waals surface area contributed by atoms with Gasteiger partial charge >= 0.3 is 0 Å². The van der Waals surface area contributed by atoms with Crippen LogP contribution in [0.5, 0.6) is 0 Å². The molecule has 0 heterocycles. The van der Waals surface area contributed by atoms with Gasteiger partial charge in [0.15, 0.2) is 0 Å². The van der Waals surface area contributed by atoms with Crippen molar-refractivity contribution in [1.29, 1.82) is 0 Å². The Morgan fingerprint density at radius 1 is 1.47 bits per heavy atom. The molecule has 1 aliphatic carbocycles. The lowest BCUT2D eigenvalue weighted by Crippen LogP contribution is -2.57. The number of amides is 1. The average molecular weight is 346 g/mol. The van der Waals surface area contributed by atoms with E-state index >= 15 is 0 Å². The summed E-state index contributed by atoms with van der Waals surface area (Å²) in [6, 6.07) is 5.25. The standard InChI is InChI=1S/C14H18BrClN2O/c1-18(2)14(6-3-7-14)9-17-13(19)10-4-5-11(15)12(16)8-10/h4-5,8H,3,6-7,9H2,1-2H3,(H,17,19). The summed E-state index contributed by atoms with van der Waals surface area (Å²) in [5, 5.41) is 3.57. The molecule has 2 rings (SSSR count). The molecule has 0 aromatic heterocycles. The first kappa shape index (κ1) is 14.8. The number of carbonyl (C=O) groups excluding carboxylic acids is 1. The molecule has 3 nitrogen and oxygen atoms in total. The van der Waals surface area contributed by atoms with Crippen LogP contribution in [-0.4, -0.2) is 37.0 Å². The number of halogens is 2. The molecule has 0 saturated heterocycles. The zero-order chi connectivity index (χ0) is 14.0. The highest BCUT2D eigenvalue weighted by Gasteiger charge is 2.39. The Morgan fingerprint density at radius 2 is 2.16 bits per heavy atom.